The summed E-state index contributed by atoms with van der Waals surface area (Å²) in [6, 6.07) is 8.59. The summed E-state index contributed by atoms with van der Waals surface area (Å²) in [4.78, 5) is 4.43. The van der Waals surface area contributed by atoms with Gasteiger partial charge in [-0.25, -0.2) is 14.1 Å². The molecule has 0 bridgehead atoms. The first-order valence-corrected chi connectivity index (χ1v) is 9.80. The van der Waals surface area contributed by atoms with Crippen LogP contribution >= 0.6 is 23.2 Å². The van der Waals surface area contributed by atoms with E-state index in [1.54, 1.807) is 29.2 Å². The van der Waals surface area contributed by atoms with Crippen molar-refractivity contribution >= 4 is 28.9 Å². The van der Waals surface area contributed by atoms with Crippen LogP contribution in [0.15, 0.2) is 42.7 Å². The topological polar surface area (TPSA) is 42.7 Å². The third-order valence-electron chi connectivity index (χ3n) is 4.88. The van der Waals surface area contributed by atoms with Gasteiger partial charge in [-0.3, -0.25) is 0 Å². The van der Waals surface area contributed by atoms with Crippen LogP contribution in [0, 0.1) is 5.82 Å². The lowest BCUT2D eigenvalue weighted by atomic mass is 9.94. The summed E-state index contributed by atoms with van der Waals surface area (Å²) in [5.74, 6) is 0.143. The van der Waals surface area contributed by atoms with E-state index in [9.17, 15) is 4.39 Å². The number of rotatable bonds is 4. The lowest BCUT2D eigenvalue weighted by molar-refractivity contribution is 0.463. The van der Waals surface area contributed by atoms with Crippen molar-refractivity contribution < 1.29 is 4.39 Å². The molecule has 0 amide bonds. The monoisotopic (exact) mass is 404 g/mol. The second kappa shape index (κ2) is 7.87. The molecule has 1 saturated carbocycles. The normalized spacial score (nSPS) is 15.1. The van der Waals surface area contributed by atoms with Crippen LogP contribution in [0.2, 0.25) is 10.2 Å². The molecule has 1 aliphatic carbocycles. The first-order valence-electron chi connectivity index (χ1n) is 9.05. The Balaban J connectivity index is 1.85. The van der Waals surface area contributed by atoms with Gasteiger partial charge in [-0.15, -0.1) is 0 Å². The lowest BCUT2D eigenvalue weighted by Gasteiger charge is -2.26. The minimum Gasteiger partial charge on any atom is -0.382 e. The van der Waals surface area contributed by atoms with Gasteiger partial charge >= 0.3 is 0 Å². The highest BCUT2D eigenvalue weighted by atomic mass is 35.5. The maximum atomic E-state index is 14.6. The van der Waals surface area contributed by atoms with Gasteiger partial charge < -0.3 is 5.32 Å². The molecule has 2 aromatic heterocycles. The highest BCUT2D eigenvalue weighted by Crippen LogP contribution is 2.41. The van der Waals surface area contributed by atoms with Gasteiger partial charge in [0.1, 0.15) is 11.0 Å². The van der Waals surface area contributed by atoms with Gasteiger partial charge in [-0.1, -0.05) is 48.5 Å². The van der Waals surface area contributed by atoms with Gasteiger partial charge in [-0.2, -0.15) is 5.10 Å². The number of halogens is 3. The number of pyridine rings is 1. The summed E-state index contributed by atoms with van der Waals surface area (Å²) >= 11 is 12.8. The van der Waals surface area contributed by atoms with Crippen LogP contribution < -0.4 is 5.32 Å². The van der Waals surface area contributed by atoms with E-state index in [0.717, 1.165) is 18.5 Å². The van der Waals surface area contributed by atoms with Gasteiger partial charge in [0.15, 0.2) is 5.82 Å². The molecule has 4 rings (SSSR count). The third kappa shape index (κ3) is 3.80. The van der Waals surface area contributed by atoms with Crippen molar-refractivity contribution in [2.75, 3.05) is 5.32 Å². The van der Waals surface area contributed by atoms with Crippen LogP contribution in [0.3, 0.4) is 0 Å². The molecular weight excluding hydrogens is 386 g/mol. The second-order valence-electron chi connectivity index (χ2n) is 6.72. The van der Waals surface area contributed by atoms with E-state index in [2.05, 4.69) is 15.4 Å². The van der Waals surface area contributed by atoms with Crippen molar-refractivity contribution in [1.82, 2.24) is 14.8 Å². The van der Waals surface area contributed by atoms with Crippen LogP contribution in [-0.2, 0) is 0 Å². The average Bonchev–Trinajstić information content (AvgIpc) is 3.19. The zero-order valence-electron chi connectivity index (χ0n) is 14.6. The van der Waals surface area contributed by atoms with Gasteiger partial charge in [0.05, 0.1) is 5.02 Å². The molecule has 1 fully saturated rings. The molecule has 0 radical (unpaired) electrons. The summed E-state index contributed by atoms with van der Waals surface area (Å²) < 4.78 is 16.3. The maximum absolute atomic E-state index is 14.6. The molecule has 0 aliphatic heterocycles. The Kier molecular flexibility index (Phi) is 5.32. The van der Waals surface area contributed by atoms with Crippen molar-refractivity contribution in [3.8, 4) is 16.9 Å². The van der Waals surface area contributed by atoms with Gasteiger partial charge in [0.2, 0.25) is 0 Å². The molecule has 27 heavy (non-hydrogen) atoms. The van der Waals surface area contributed by atoms with Crippen LogP contribution in [0.1, 0.15) is 32.1 Å². The third-order valence-corrected chi connectivity index (χ3v) is 5.47. The number of nitrogens with zero attached hydrogens (tertiary/aromatic N) is 3. The Morgan fingerprint density at radius 2 is 1.89 bits per heavy atom. The largest absolute Gasteiger partial charge is 0.382 e. The summed E-state index contributed by atoms with van der Waals surface area (Å²) in [6.45, 7) is 0. The minimum absolute atomic E-state index is 0.188. The molecule has 1 aromatic carbocycles. The molecule has 7 heteroatoms. The molecule has 4 nitrogen and oxygen atoms in total. The summed E-state index contributed by atoms with van der Waals surface area (Å²) in [5, 5.41) is 8.27. The highest BCUT2D eigenvalue weighted by molar-refractivity contribution is 6.36. The average molecular weight is 405 g/mol. The Morgan fingerprint density at radius 1 is 1.07 bits per heavy atom. The van der Waals surface area contributed by atoms with Gasteiger partial charge in [0, 0.05) is 41.3 Å². The van der Waals surface area contributed by atoms with Gasteiger partial charge in [0.25, 0.3) is 0 Å². The van der Waals surface area contributed by atoms with E-state index < -0.39 is 5.82 Å². The molecule has 3 aromatic rings. The minimum atomic E-state index is -0.426. The van der Waals surface area contributed by atoms with Crippen LogP contribution in [-0.4, -0.2) is 20.8 Å². The Hall–Kier alpha value is -2.11. The molecule has 1 aliphatic rings. The highest BCUT2D eigenvalue weighted by Gasteiger charge is 2.22. The number of nitrogens with one attached hydrogen (secondary N) is 1. The van der Waals surface area contributed by atoms with Crippen molar-refractivity contribution in [1.29, 1.82) is 0 Å². The first-order chi connectivity index (χ1) is 13.1. The number of hydrogen-bond donors (Lipinski definition) is 1. The zero-order valence-corrected chi connectivity index (χ0v) is 16.1. The second-order valence-corrected chi connectivity index (χ2v) is 7.49. The number of benzene rings is 1. The van der Waals surface area contributed by atoms with Crippen molar-refractivity contribution in [3.63, 3.8) is 0 Å². The quantitative estimate of drug-likeness (QED) is 0.532. The Labute approximate surface area is 167 Å². The van der Waals surface area contributed by atoms with Crippen LogP contribution in [0.25, 0.3) is 16.9 Å². The number of anilines is 1. The molecule has 2 heterocycles. The Morgan fingerprint density at radius 3 is 2.59 bits per heavy atom. The maximum Gasteiger partial charge on any atom is 0.157 e. The molecule has 0 unspecified atom stereocenters. The molecule has 0 atom stereocenters. The molecule has 1 N–H and O–H groups in total. The van der Waals surface area contributed by atoms with Crippen LogP contribution in [0.5, 0.6) is 0 Å². The first kappa shape index (κ1) is 18.3. The Bertz CT molecular complexity index is 917. The van der Waals surface area contributed by atoms with Gasteiger partial charge in [-0.05, 0) is 31.0 Å². The fourth-order valence-corrected chi connectivity index (χ4v) is 4.12. The summed E-state index contributed by atoms with van der Waals surface area (Å²) in [5.41, 5.74) is 1.47. The van der Waals surface area contributed by atoms with E-state index >= 15 is 0 Å². The smallest absolute Gasteiger partial charge is 0.157 e. The molecule has 140 valence electrons. The zero-order chi connectivity index (χ0) is 18.8. The SMILES string of the molecule is Fc1cccc(Cl)c1-c1c(NC2CCCCC2)cc(-n2cccn2)nc1Cl. The van der Waals surface area contributed by atoms with E-state index in [0.29, 0.717) is 22.4 Å². The van der Waals surface area contributed by atoms with E-state index in [4.69, 9.17) is 23.2 Å². The fourth-order valence-electron chi connectivity index (χ4n) is 3.58. The predicted octanol–water partition coefficient (Wildman–Crippen LogP) is 6.12. The van der Waals surface area contributed by atoms with E-state index in [1.165, 1.54) is 25.3 Å². The van der Waals surface area contributed by atoms with Crippen molar-refractivity contribution in [2.24, 2.45) is 0 Å². The van der Waals surface area contributed by atoms with E-state index in [-0.39, 0.29) is 10.7 Å². The summed E-state index contributed by atoms with van der Waals surface area (Å²) in [6.07, 6.45) is 9.21. The molecule has 0 saturated heterocycles. The summed E-state index contributed by atoms with van der Waals surface area (Å²) in [7, 11) is 0. The molecule has 0 spiro atoms. The van der Waals surface area contributed by atoms with Crippen molar-refractivity contribution in [3.05, 3.63) is 58.7 Å². The standard InChI is InChI=1S/C20H19Cl2FN4/c21-14-8-4-9-15(23)18(14)19-16(25-13-6-2-1-3-7-13)12-17(26-20(19)22)27-11-5-10-24-27/h4-5,8-13H,1-3,6-7H2,(H,25,26). The lowest BCUT2D eigenvalue weighted by Crippen LogP contribution is -2.23. The number of hydrogen-bond acceptors (Lipinski definition) is 3. The number of aromatic nitrogens is 3. The fraction of sp³-hybridized carbons (Fsp3) is 0.300. The van der Waals surface area contributed by atoms with E-state index in [1.807, 2.05) is 12.1 Å². The predicted molar refractivity (Wildman–Crippen MR) is 107 cm³/mol. The van der Waals surface area contributed by atoms with Crippen LogP contribution in [0.4, 0.5) is 10.1 Å². The molecular formula is C20H19Cl2FN4. The van der Waals surface area contributed by atoms with Crippen molar-refractivity contribution in [2.45, 2.75) is 38.1 Å².